The van der Waals surface area contributed by atoms with E-state index < -0.39 is 0 Å². The predicted molar refractivity (Wildman–Crippen MR) is 67.5 cm³/mol. The molecule has 0 aliphatic heterocycles. The van der Waals surface area contributed by atoms with Gasteiger partial charge in [-0.3, -0.25) is 9.48 Å². The quantitative estimate of drug-likeness (QED) is 0.848. The monoisotopic (exact) mass is 248 g/mol. The molecule has 0 bridgehead atoms. The van der Waals surface area contributed by atoms with Gasteiger partial charge in [-0.25, -0.2) is 0 Å². The van der Waals surface area contributed by atoms with Crippen LogP contribution in [0.25, 0.3) is 11.4 Å². The molecule has 2 heterocycles. The molecule has 96 valence electrons. The average molecular weight is 248 g/mol. The minimum Gasteiger partial charge on any atom is -0.493 e. The number of aromatic amines is 1. The van der Waals surface area contributed by atoms with E-state index in [4.69, 9.17) is 0 Å². The topological polar surface area (TPSA) is 83.8 Å². The van der Waals surface area contributed by atoms with E-state index >= 15 is 0 Å². The van der Waals surface area contributed by atoms with Crippen molar-refractivity contribution in [2.45, 2.75) is 26.7 Å². The highest BCUT2D eigenvalue weighted by Crippen LogP contribution is 2.21. The van der Waals surface area contributed by atoms with Crippen molar-refractivity contribution in [3.05, 3.63) is 27.8 Å². The average Bonchev–Trinajstić information content (AvgIpc) is 2.70. The van der Waals surface area contributed by atoms with Crippen molar-refractivity contribution in [1.82, 2.24) is 19.7 Å². The van der Waals surface area contributed by atoms with E-state index in [0.29, 0.717) is 17.8 Å². The van der Waals surface area contributed by atoms with Gasteiger partial charge in [-0.15, -0.1) is 0 Å². The lowest BCUT2D eigenvalue weighted by atomic mass is 10.2. The highest BCUT2D eigenvalue weighted by molar-refractivity contribution is 5.57. The first kappa shape index (κ1) is 12.3. The molecule has 0 fully saturated rings. The summed E-state index contributed by atoms with van der Waals surface area (Å²) < 4.78 is 1.67. The molecule has 2 rings (SSSR count). The molecule has 2 N–H and O–H groups in total. The lowest BCUT2D eigenvalue weighted by molar-refractivity contribution is 0.444. The summed E-state index contributed by atoms with van der Waals surface area (Å²) in [6.45, 7) is 3.78. The van der Waals surface area contributed by atoms with Gasteiger partial charge in [0.25, 0.3) is 5.56 Å². The summed E-state index contributed by atoms with van der Waals surface area (Å²) in [5.41, 5.74) is 1.59. The third kappa shape index (κ3) is 2.01. The Morgan fingerprint density at radius 3 is 2.67 bits per heavy atom. The van der Waals surface area contributed by atoms with Crippen LogP contribution in [-0.4, -0.2) is 24.9 Å². The summed E-state index contributed by atoms with van der Waals surface area (Å²) in [5.74, 6) is 0.154. The van der Waals surface area contributed by atoms with Crippen molar-refractivity contribution < 1.29 is 5.11 Å². The minimum atomic E-state index is -0.300. The van der Waals surface area contributed by atoms with Gasteiger partial charge in [0.15, 0.2) is 0 Å². The van der Waals surface area contributed by atoms with E-state index in [9.17, 15) is 9.90 Å². The molecule has 0 aliphatic carbocycles. The van der Waals surface area contributed by atoms with Crippen molar-refractivity contribution in [2.75, 3.05) is 0 Å². The number of nitrogens with zero attached hydrogens (tertiary/aromatic N) is 3. The van der Waals surface area contributed by atoms with Gasteiger partial charge in [0, 0.05) is 13.2 Å². The van der Waals surface area contributed by atoms with E-state index in [0.717, 1.165) is 17.7 Å². The number of hydrogen-bond acceptors (Lipinski definition) is 4. The van der Waals surface area contributed by atoms with E-state index in [1.807, 2.05) is 6.92 Å². The normalized spacial score (nSPS) is 10.8. The van der Waals surface area contributed by atoms with Crippen LogP contribution in [-0.2, 0) is 19.9 Å². The third-order valence-electron chi connectivity index (χ3n) is 2.84. The van der Waals surface area contributed by atoms with Crippen molar-refractivity contribution in [3.63, 3.8) is 0 Å². The number of aromatic hydroxyl groups is 1. The zero-order chi connectivity index (χ0) is 13.3. The van der Waals surface area contributed by atoms with Crippen LogP contribution in [0.4, 0.5) is 0 Å². The Morgan fingerprint density at radius 2 is 2.11 bits per heavy atom. The van der Waals surface area contributed by atoms with Gasteiger partial charge >= 0.3 is 0 Å². The molecule has 0 spiro atoms. The zero-order valence-electron chi connectivity index (χ0n) is 10.7. The summed E-state index contributed by atoms with van der Waals surface area (Å²) in [6.07, 6.45) is 2.96. The Morgan fingerprint density at radius 1 is 1.39 bits per heavy atom. The fourth-order valence-electron chi connectivity index (χ4n) is 1.93. The van der Waals surface area contributed by atoms with E-state index in [1.54, 1.807) is 24.9 Å². The molecule has 0 saturated heterocycles. The van der Waals surface area contributed by atoms with E-state index in [2.05, 4.69) is 15.1 Å². The molecule has 6 heteroatoms. The summed E-state index contributed by atoms with van der Waals surface area (Å²) in [5, 5.41) is 14.0. The Hall–Kier alpha value is -2.11. The molecule has 6 nitrogen and oxygen atoms in total. The predicted octanol–water partition coefficient (Wildman–Crippen LogP) is 1.00. The number of nitrogens with one attached hydrogen (secondary N) is 1. The van der Waals surface area contributed by atoms with Crippen molar-refractivity contribution in [3.8, 4) is 17.3 Å². The maximum absolute atomic E-state index is 11.8. The first-order chi connectivity index (χ1) is 8.56. The maximum Gasteiger partial charge on any atom is 0.258 e. The highest BCUT2D eigenvalue weighted by Gasteiger charge is 2.14. The van der Waals surface area contributed by atoms with Crippen LogP contribution in [0, 0.1) is 0 Å². The second kappa shape index (κ2) is 4.64. The van der Waals surface area contributed by atoms with Gasteiger partial charge in [-0.05, 0) is 12.8 Å². The van der Waals surface area contributed by atoms with Gasteiger partial charge in [-0.1, -0.05) is 13.8 Å². The Balaban J connectivity index is 2.61. The van der Waals surface area contributed by atoms with Gasteiger partial charge in [0.2, 0.25) is 5.88 Å². The molecule has 18 heavy (non-hydrogen) atoms. The standard InChI is InChI=1S/C12H16N4O2/c1-4-7-11(17)13-10(14-12(7)18)8-6-16(3)15-9(8)5-2/h6H,4-5H2,1-3H3,(H2,13,14,17,18). The van der Waals surface area contributed by atoms with E-state index in [1.165, 1.54) is 0 Å². The fourth-order valence-corrected chi connectivity index (χ4v) is 1.93. The molecule has 0 amide bonds. The third-order valence-corrected chi connectivity index (χ3v) is 2.84. The molecule has 0 atom stereocenters. The SMILES string of the molecule is CCc1nn(C)cc1-c1nc(O)c(CC)c(=O)[nH]1. The number of H-pyrrole nitrogens is 1. The zero-order valence-corrected chi connectivity index (χ0v) is 10.7. The van der Waals surface area contributed by atoms with Gasteiger partial charge in [-0.2, -0.15) is 10.1 Å². The van der Waals surface area contributed by atoms with Crippen LogP contribution in [0.2, 0.25) is 0 Å². The second-order valence-corrected chi connectivity index (χ2v) is 4.09. The van der Waals surface area contributed by atoms with Gasteiger partial charge < -0.3 is 10.1 Å². The molecule has 2 aromatic rings. The first-order valence-electron chi connectivity index (χ1n) is 5.91. The summed E-state index contributed by atoms with van der Waals surface area (Å²) >= 11 is 0. The molecule has 2 aromatic heterocycles. The first-order valence-corrected chi connectivity index (χ1v) is 5.91. The van der Waals surface area contributed by atoms with Crippen molar-refractivity contribution in [1.29, 1.82) is 0 Å². The highest BCUT2D eigenvalue weighted by atomic mass is 16.3. The summed E-state index contributed by atoms with van der Waals surface area (Å²) in [4.78, 5) is 18.5. The van der Waals surface area contributed by atoms with Crippen molar-refractivity contribution >= 4 is 0 Å². The fraction of sp³-hybridized carbons (Fsp3) is 0.417. The minimum absolute atomic E-state index is 0.206. The Bertz CT molecular complexity index is 627. The van der Waals surface area contributed by atoms with E-state index in [-0.39, 0.29) is 11.4 Å². The lowest BCUT2D eigenvalue weighted by Crippen LogP contribution is -2.14. The Kier molecular flexibility index (Phi) is 3.18. The smallest absolute Gasteiger partial charge is 0.258 e. The lowest BCUT2D eigenvalue weighted by Gasteiger charge is -2.03. The number of hydrogen-bond donors (Lipinski definition) is 2. The van der Waals surface area contributed by atoms with Crippen LogP contribution >= 0.6 is 0 Å². The molecule has 0 aromatic carbocycles. The van der Waals surface area contributed by atoms with Gasteiger partial charge in [0.05, 0.1) is 16.8 Å². The number of aromatic nitrogens is 4. The van der Waals surface area contributed by atoms with Crippen LogP contribution < -0.4 is 5.56 Å². The molecule has 0 radical (unpaired) electrons. The summed E-state index contributed by atoms with van der Waals surface area (Å²) in [7, 11) is 1.81. The molecule has 0 unspecified atom stereocenters. The molecule has 0 saturated carbocycles. The molecular formula is C12H16N4O2. The number of rotatable bonds is 3. The maximum atomic E-state index is 11.8. The van der Waals surface area contributed by atoms with Crippen LogP contribution in [0.1, 0.15) is 25.1 Å². The number of aryl methyl sites for hydroxylation is 2. The van der Waals surface area contributed by atoms with Crippen molar-refractivity contribution in [2.24, 2.45) is 7.05 Å². The van der Waals surface area contributed by atoms with Gasteiger partial charge in [0.1, 0.15) is 5.82 Å². The second-order valence-electron chi connectivity index (χ2n) is 4.09. The van der Waals surface area contributed by atoms with Crippen LogP contribution in [0.15, 0.2) is 11.0 Å². The molecule has 0 aliphatic rings. The largest absolute Gasteiger partial charge is 0.493 e. The molecular weight excluding hydrogens is 232 g/mol. The van der Waals surface area contributed by atoms with Crippen LogP contribution in [0.3, 0.4) is 0 Å². The Labute approximate surface area is 104 Å². The van der Waals surface area contributed by atoms with Crippen LogP contribution in [0.5, 0.6) is 5.88 Å². The summed E-state index contributed by atoms with van der Waals surface area (Å²) in [6, 6.07) is 0.